The third-order valence-electron chi connectivity index (χ3n) is 4.99. The molecule has 0 amide bonds. The third-order valence-corrected chi connectivity index (χ3v) is 4.99. The highest BCUT2D eigenvalue weighted by Crippen LogP contribution is 2.31. The molecule has 1 N–H and O–H groups in total. The first-order valence-corrected chi connectivity index (χ1v) is 9.20. The number of imidazole rings is 1. The van der Waals surface area contributed by atoms with Crippen molar-refractivity contribution in [3.05, 3.63) is 71.4 Å². The highest BCUT2D eigenvalue weighted by Gasteiger charge is 2.20. The van der Waals surface area contributed by atoms with Crippen LogP contribution in [0, 0.1) is 23.0 Å². The molecule has 0 spiro atoms. The van der Waals surface area contributed by atoms with E-state index in [1.54, 1.807) is 10.5 Å². The molecule has 0 fully saturated rings. The predicted octanol–water partition coefficient (Wildman–Crippen LogP) is 3.49. The number of nitriles is 1. The van der Waals surface area contributed by atoms with Gasteiger partial charge in [-0.15, -0.1) is 0 Å². The summed E-state index contributed by atoms with van der Waals surface area (Å²) < 4.78 is 35.2. The van der Waals surface area contributed by atoms with Crippen molar-refractivity contribution in [2.75, 3.05) is 11.9 Å². The Hall–Kier alpha value is -4.06. The zero-order chi connectivity index (χ0) is 20.7. The van der Waals surface area contributed by atoms with Gasteiger partial charge in [-0.05, 0) is 18.2 Å². The normalized spacial score (nSPS) is 12.4. The van der Waals surface area contributed by atoms with Gasteiger partial charge >= 0.3 is 0 Å². The highest BCUT2D eigenvalue weighted by molar-refractivity contribution is 5.78. The average Bonchev–Trinajstić information content (AvgIpc) is 3.40. The maximum Gasteiger partial charge on any atom is 0.208 e. The number of aromatic nitrogens is 4. The Balaban J connectivity index is 1.55. The maximum absolute atomic E-state index is 14.4. The molecule has 0 saturated heterocycles. The number of halogens is 2. The Morgan fingerprint density at radius 3 is 2.97 bits per heavy atom. The van der Waals surface area contributed by atoms with Gasteiger partial charge in [-0.3, -0.25) is 9.38 Å². The Bertz CT molecular complexity index is 1330. The lowest BCUT2D eigenvalue weighted by molar-refractivity contribution is 0.356. The van der Waals surface area contributed by atoms with E-state index in [0.717, 1.165) is 11.8 Å². The molecule has 148 valence electrons. The maximum atomic E-state index is 14.4. The largest absolute Gasteiger partial charge is 0.493 e. The van der Waals surface area contributed by atoms with Crippen LogP contribution in [0.2, 0.25) is 0 Å². The number of ether oxygens (including phenoxy) is 1. The molecule has 9 heteroatoms. The van der Waals surface area contributed by atoms with Crippen LogP contribution in [0.25, 0.3) is 16.8 Å². The minimum Gasteiger partial charge on any atom is -0.493 e. The van der Waals surface area contributed by atoms with E-state index in [4.69, 9.17) is 4.74 Å². The average molecular weight is 404 g/mol. The van der Waals surface area contributed by atoms with Gasteiger partial charge in [-0.25, -0.2) is 18.7 Å². The molecule has 0 aliphatic carbocycles. The number of rotatable bonds is 4. The van der Waals surface area contributed by atoms with Crippen molar-refractivity contribution >= 4 is 11.6 Å². The predicted molar refractivity (Wildman–Crippen MR) is 104 cm³/mol. The van der Waals surface area contributed by atoms with E-state index in [2.05, 4.69) is 20.3 Å². The molecule has 0 bridgehead atoms. The van der Waals surface area contributed by atoms with Gasteiger partial charge in [0, 0.05) is 47.6 Å². The number of hydrogen-bond donors (Lipinski definition) is 1. The molecule has 0 radical (unpaired) electrons. The SMILES string of the molecule is N#Cc1cn2c(NCc3c(F)ccc4c3CCO4)ncc(-c3cncc(F)c3)c2n1. The molecular weight excluding hydrogens is 390 g/mol. The molecule has 7 nitrogen and oxygen atoms in total. The molecular formula is C21H14F2N6O. The van der Waals surface area contributed by atoms with E-state index >= 15 is 0 Å². The molecule has 1 aliphatic rings. The standard InChI is InChI=1S/C21H14F2N6O/c22-13-5-12(7-25-8-13)16-9-26-21(29-11-14(6-24)28-20(16)29)27-10-17-15-3-4-30-19(15)2-1-18(17)23/h1-2,5,7-9,11H,3-4,10H2,(H,26,27). The zero-order valence-corrected chi connectivity index (χ0v) is 15.6. The number of nitrogens with zero attached hydrogens (tertiary/aromatic N) is 5. The molecule has 4 heterocycles. The Kier molecular flexibility index (Phi) is 4.25. The summed E-state index contributed by atoms with van der Waals surface area (Å²) in [5.41, 5.74) is 2.95. The van der Waals surface area contributed by atoms with Crippen LogP contribution >= 0.6 is 0 Å². The minimum atomic E-state index is -0.490. The Labute approximate surface area is 169 Å². The summed E-state index contributed by atoms with van der Waals surface area (Å²) in [7, 11) is 0. The monoisotopic (exact) mass is 404 g/mol. The van der Waals surface area contributed by atoms with Crippen molar-refractivity contribution in [2.45, 2.75) is 13.0 Å². The van der Waals surface area contributed by atoms with Crippen molar-refractivity contribution in [3.8, 4) is 22.9 Å². The van der Waals surface area contributed by atoms with Crippen LogP contribution in [0.15, 0.2) is 43.0 Å². The quantitative estimate of drug-likeness (QED) is 0.560. The Morgan fingerprint density at radius 2 is 2.13 bits per heavy atom. The van der Waals surface area contributed by atoms with Crippen molar-refractivity contribution in [1.29, 1.82) is 5.26 Å². The van der Waals surface area contributed by atoms with Crippen LogP contribution in [-0.2, 0) is 13.0 Å². The lowest BCUT2D eigenvalue weighted by Crippen LogP contribution is -2.09. The van der Waals surface area contributed by atoms with Crippen molar-refractivity contribution in [3.63, 3.8) is 0 Å². The van der Waals surface area contributed by atoms with E-state index in [1.165, 1.54) is 30.7 Å². The molecule has 5 rings (SSSR count). The van der Waals surface area contributed by atoms with Gasteiger partial charge in [-0.2, -0.15) is 5.26 Å². The first-order chi connectivity index (χ1) is 14.6. The number of anilines is 1. The number of fused-ring (bicyclic) bond motifs is 2. The van der Waals surface area contributed by atoms with E-state index in [1.807, 2.05) is 6.07 Å². The Morgan fingerprint density at radius 1 is 1.23 bits per heavy atom. The molecule has 0 unspecified atom stereocenters. The van der Waals surface area contributed by atoms with Crippen LogP contribution < -0.4 is 10.1 Å². The van der Waals surface area contributed by atoms with Crippen LogP contribution in [0.5, 0.6) is 5.75 Å². The van der Waals surface area contributed by atoms with E-state index < -0.39 is 5.82 Å². The highest BCUT2D eigenvalue weighted by atomic mass is 19.1. The molecule has 1 aromatic carbocycles. The summed E-state index contributed by atoms with van der Waals surface area (Å²) in [6, 6.07) is 6.33. The van der Waals surface area contributed by atoms with E-state index in [9.17, 15) is 14.0 Å². The summed E-state index contributed by atoms with van der Waals surface area (Å²) >= 11 is 0. The summed E-state index contributed by atoms with van der Waals surface area (Å²) in [6.45, 7) is 0.707. The van der Waals surface area contributed by atoms with Gasteiger partial charge in [0.15, 0.2) is 11.3 Å². The third kappa shape index (κ3) is 2.99. The second kappa shape index (κ2) is 7.08. The summed E-state index contributed by atoms with van der Waals surface area (Å²) in [6.07, 6.45) is 6.29. The first kappa shape index (κ1) is 18.0. The molecule has 0 saturated carbocycles. The van der Waals surface area contributed by atoms with Crippen LogP contribution in [-0.4, -0.2) is 26.0 Å². The fraction of sp³-hybridized carbons (Fsp3) is 0.143. The number of pyridine rings is 1. The van der Waals surface area contributed by atoms with Crippen LogP contribution in [0.4, 0.5) is 14.7 Å². The van der Waals surface area contributed by atoms with Gasteiger partial charge in [0.25, 0.3) is 0 Å². The summed E-state index contributed by atoms with van der Waals surface area (Å²) in [4.78, 5) is 12.6. The molecule has 0 atom stereocenters. The summed E-state index contributed by atoms with van der Waals surface area (Å²) in [5.74, 6) is 0.252. The smallest absolute Gasteiger partial charge is 0.208 e. The van der Waals surface area contributed by atoms with Gasteiger partial charge in [0.2, 0.25) is 5.95 Å². The number of nitrogens with one attached hydrogen (secondary N) is 1. The van der Waals surface area contributed by atoms with Gasteiger partial charge in [-0.1, -0.05) is 0 Å². The van der Waals surface area contributed by atoms with E-state index in [-0.39, 0.29) is 18.1 Å². The fourth-order valence-corrected chi connectivity index (χ4v) is 3.60. The van der Waals surface area contributed by atoms with Gasteiger partial charge < -0.3 is 10.1 Å². The van der Waals surface area contributed by atoms with Gasteiger partial charge in [0.1, 0.15) is 23.5 Å². The lowest BCUT2D eigenvalue weighted by Gasteiger charge is -2.13. The summed E-state index contributed by atoms with van der Waals surface area (Å²) in [5, 5.41) is 12.4. The molecule has 30 heavy (non-hydrogen) atoms. The second-order valence-corrected chi connectivity index (χ2v) is 6.77. The number of hydrogen-bond acceptors (Lipinski definition) is 6. The minimum absolute atomic E-state index is 0.178. The van der Waals surface area contributed by atoms with Crippen LogP contribution in [0.1, 0.15) is 16.8 Å². The first-order valence-electron chi connectivity index (χ1n) is 9.20. The van der Waals surface area contributed by atoms with Crippen molar-refractivity contribution in [2.24, 2.45) is 0 Å². The van der Waals surface area contributed by atoms with Gasteiger partial charge in [0.05, 0.1) is 19.0 Å². The van der Waals surface area contributed by atoms with Crippen molar-refractivity contribution < 1.29 is 13.5 Å². The topological polar surface area (TPSA) is 88.1 Å². The van der Waals surface area contributed by atoms with Crippen molar-refractivity contribution in [1.82, 2.24) is 19.4 Å². The number of benzene rings is 1. The second-order valence-electron chi connectivity index (χ2n) is 6.77. The molecule has 3 aromatic heterocycles. The molecule has 1 aliphatic heterocycles. The molecule has 4 aromatic rings. The van der Waals surface area contributed by atoms with E-state index in [0.29, 0.717) is 47.1 Å². The van der Waals surface area contributed by atoms with Crippen LogP contribution in [0.3, 0.4) is 0 Å². The zero-order valence-electron chi connectivity index (χ0n) is 15.6. The fourth-order valence-electron chi connectivity index (χ4n) is 3.60. The lowest BCUT2D eigenvalue weighted by atomic mass is 10.0.